The molecule has 0 saturated carbocycles. The Kier molecular flexibility index (Phi) is 4.33. The summed E-state index contributed by atoms with van der Waals surface area (Å²) in [5, 5.41) is 0. The SMILES string of the molecule is NNc1cc(N2CCN(Cc3ccccc3)CC2)ccn1. The number of rotatable bonds is 4. The van der Waals surface area contributed by atoms with E-state index in [-0.39, 0.29) is 0 Å². The second-order valence-corrected chi connectivity index (χ2v) is 5.29. The van der Waals surface area contributed by atoms with Crippen molar-refractivity contribution in [1.29, 1.82) is 0 Å². The predicted molar refractivity (Wildman–Crippen MR) is 86.0 cm³/mol. The van der Waals surface area contributed by atoms with Crippen molar-refractivity contribution in [3.8, 4) is 0 Å². The molecule has 5 nitrogen and oxygen atoms in total. The maximum atomic E-state index is 5.42. The summed E-state index contributed by atoms with van der Waals surface area (Å²) in [5.74, 6) is 6.12. The summed E-state index contributed by atoms with van der Waals surface area (Å²) in [6, 6.07) is 14.7. The van der Waals surface area contributed by atoms with Gasteiger partial charge >= 0.3 is 0 Å². The molecule has 5 heteroatoms. The lowest BCUT2D eigenvalue weighted by atomic mass is 10.2. The Balaban J connectivity index is 1.57. The van der Waals surface area contributed by atoms with Gasteiger partial charge in [-0.2, -0.15) is 0 Å². The van der Waals surface area contributed by atoms with Crippen LogP contribution in [0.1, 0.15) is 5.56 Å². The average molecular weight is 283 g/mol. The monoisotopic (exact) mass is 283 g/mol. The second kappa shape index (κ2) is 6.56. The molecule has 21 heavy (non-hydrogen) atoms. The highest BCUT2D eigenvalue weighted by Gasteiger charge is 2.17. The van der Waals surface area contributed by atoms with Crippen LogP contribution in [0.2, 0.25) is 0 Å². The molecule has 3 N–H and O–H groups in total. The van der Waals surface area contributed by atoms with Gasteiger partial charge in [0.2, 0.25) is 0 Å². The molecule has 0 aliphatic carbocycles. The Morgan fingerprint density at radius 3 is 2.52 bits per heavy atom. The standard InChI is InChI=1S/C16H21N5/c17-19-16-12-15(6-7-18-16)21-10-8-20(9-11-21)13-14-4-2-1-3-5-14/h1-7,12H,8-11,13,17H2,(H,18,19). The molecular weight excluding hydrogens is 262 g/mol. The molecule has 1 saturated heterocycles. The molecule has 0 spiro atoms. The van der Waals surface area contributed by atoms with Gasteiger partial charge in [0.05, 0.1) is 0 Å². The summed E-state index contributed by atoms with van der Waals surface area (Å²) in [4.78, 5) is 9.02. The Hall–Kier alpha value is -2.11. The Bertz CT molecular complexity index is 564. The second-order valence-electron chi connectivity index (χ2n) is 5.29. The molecule has 2 aromatic rings. The van der Waals surface area contributed by atoms with Crippen LogP contribution in [-0.2, 0) is 6.54 Å². The third-order valence-corrected chi connectivity index (χ3v) is 3.88. The molecule has 110 valence electrons. The third kappa shape index (κ3) is 3.51. The molecule has 1 aliphatic rings. The predicted octanol–water partition coefficient (Wildman–Crippen LogP) is 1.69. The maximum absolute atomic E-state index is 5.42. The van der Waals surface area contributed by atoms with Gasteiger partial charge in [0.25, 0.3) is 0 Å². The summed E-state index contributed by atoms with van der Waals surface area (Å²) in [6.45, 7) is 5.23. The van der Waals surface area contributed by atoms with Crippen molar-refractivity contribution in [2.45, 2.75) is 6.54 Å². The van der Waals surface area contributed by atoms with E-state index < -0.39 is 0 Å². The largest absolute Gasteiger partial charge is 0.369 e. The number of anilines is 2. The number of nitrogens with two attached hydrogens (primary N) is 1. The quantitative estimate of drug-likeness (QED) is 0.660. The van der Waals surface area contributed by atoms with E-state index in [1.165, 1.54) is 11.3 Å². The lowest BCUT2D eigenvalue weighted by molar-refractivity contribution is 0.250. The molecule has 0 unspecified atom stereocenters. The van der Waals surface area contributed by atoms with Crippen LogP contribution >= 0.6 is 0 Å². The highest BCUT2D eigenvalue weighted by Crippen LogP contribution is 2.19. The van der Waals surface area contributed by atoms with Gasteiger partial charge in [-0.05, 0) is 11.6 Å². The molecule has 1 fully saturated rings. The van der Waals surface area contributed by atoms with E-state index in [4.69, 9.17) is 5.84 Å². The van der Waals surface area contributed by atoms with Crippen LogP contribution in [0, 0.1) is 0 Å². The molecule has 0 amide bonds. The number of hydrazine groups is 1. The molecule has 1 aromatic heterocycles. The van der Waals surface area contributed by atoms with E-state index in [1.807, 2.05) is 12.1 Å². The first kappa shape index (κ1) is 13.9. The first-order chi connectivity index (χ1) is 10.3. The number of nitrogens with zero attached hydrogens (tertiary/aromatic N) is 3. The lowest BCUT2D eigenvalue weighted by Crippen LogP contribution is -2.46. The van der Waals surface area contributed by atoms with Gasteiger partial charge in [-0.15, -0.1) is 0 Å². The summed E-state index contributed by atoms with van der Waals surface area (Å²) in [6.07, 6.45) is 1.79. The highest BCUT2D eigenvalue weighted by atomic mass is 15.3. The molecular formula is C16H21N5. The van der Waals surface area contributed by atoms with E-state index >= 15 is 0 Å². The van der Waals surface area contributed by atoms with Crippen molar-refractivity contribution in [3.05, 3.63) is 54.2 Å². The van der Waals surface area contributed by atoms with Crippen LogP contribution in [0.15, 0.2) is 48.7 Å². The van der Waals surface area contributed by atoms with Crippen molar-refractivity contribution in [2.24, 2.45) is 5.84 Å². The van der Waals surface area contributed by atoms with Crippen molar-refractivity contribution in [3.63, 3.8) is 0 Å². The molecule has 0 atom stereocenters. The van der Waals surface area contributed by atoms with Crippen LogP contribution in [0.4, 0.5) is 11.5 Å². The number of hydrogen-bond donors (Lipinski definition) is 2. The number of aromatic nitrogens is 1. The van der Waals surface area contributed by atoms with Crippen molar-refractivity contribution < 1.29 is 0 Å². The first-order valence-electron chi connectivity index (χ1n) is 7.29. The molecule has 1 aliphatic heterocycles. The molecule has 3 rings (SSSR count). The maximum Gasteiger partial charge on any atom is 0.141 e. The fraction of sp³-hybridized carbons (Fsp3) is 0.312. The van der Waals surface area contributed by atoms with Gasteiger partial charge in [-0.3, -0.25) is 4.90 Å². The summed E-state index contributed by atoms with van der Waals surface area (Å²) in [5.41, 5.74) is 5.16. The number of nitrogen functional groups attached to an aromatic ring is 1. The number of piperazine rings is 1. The van der Waals surface area contributed by atoms with Gasteiger partial charge in [0, 0.05) is 50.7 Å². The van der Waals surface area contributed by atoms with Gasteiger partial charge in [-0.1, -0.05) is 30.3 Å². The molecule has 0 bridgehead atoms. The van der Waals surface area contributed by atoms with Crippen LogP contribution in [0.25, 0.3) is 0 Å². The third-order valence-electron chi connectivity index (χ3n) is 3.88. The zero-order chi connectivity index (χ0) is 14.5. The fourth-order valence-corrected chi connectivity index (χ4v) is 2.70. The molecule has 2 heterocycles. The average Bonchev–Trinajstić information content (AvgIpc) is 2.56. The van der Waals surface area contributed by atoms with E-state index in [0.717, 1.165) is 32.7 Å². The Morgan fingerprint density at radius 2 is 1.81 bits per heavy atom. The van der Waals surface area contributed by atoms with E-state index in [2.05, 4.69) is 50.5 Å². The van der Waals surface area contributed by atoms with E-state index in [9.17, 15) is 0 Å². The summed E-state index contributed by atoms with van der Waals surface area (Å²) in [7, 11) is 0. The van der Waals surface area contributed by atoms with Gasteiger partial charge in [0.15, 0.2) is 0 Å². The zero-order valence-electron chi connectivity index (χ0n) is 12.1. The van der Waals surface area contributed by atoms with Crippen LogP contribution < -0.4 is 16.2 Å². The zero-order valence-corrected chi connectivity index (χ0v) is 12.1. The van der Waals surface area contributed by atoms with Gasteiger partial charge in [-0.25, -0.2) is 10.8 Å². The molecule has 0 radical (unpaired) electrons. The lowest BCUT2D eigenvalue weighted by Gasteiger charge is -2.36. The smallest absolute Gasteiger partial charge is 0.141 e. The minimum Gasteiger partial charge on any atom is -0.369 e. The van der Waals surface area contributed by atoms with E-state index in [0.29, 0.717) is 5.82 Å². The minimum absolute atomic E-state index is 0.708. The number of pyridine rings is 1. The Morgan fingerprint density at radius 1 is 1.05 bits per heavy atom. The van der Waals surface area contributed by atoms with E-state index in [1.54, 1.807) is 6.20 Å². The normalized spacial score (nSPS) is 16.0. The fourth-order valence-electron chi connectivity index (χ4n) is 2.70. The Labute approximate surface area is 125 Å². The summed E-state index contributed by atoms with van der Waals surface area (Å²) < 4.78 is 0. The number of nitrogens with one attached hydrogen (secondary N) is 1. The van der Waals surface area contributed by atoms with Crippen molar-refractivity contribution in [2.75, 3.05) is 36.5 Å². The topological polar surface area (TPSA) is 57.4 Å². The van der Waals surface area contributed by atoms with Crippen LogP contribution in [0.3, 0.4) is 0 Å². The summed E-state index contributed by atoms with van der Waals surface area (Å²) >= 11 is 0. The van der Waals surface area contributed by atoms with Gasteiger partial charge < -0.3 is 10.3 Å². The highest BCUT2D eigenvalue weighted by molar-refractivity contribution is 5.53. The van der Waals surface area contributed by atoms with Crippen molar-refractivity contribution >= 4 is 11.5 Å². The van der Waals surface area contributed by atoms with Gasteiger partial charge in [0.1, 0.15) is 5.82 Å². The number of hydrogen-bond acceptors (Lipinski definition) is 5. The molecule has 1 aromatic carbocycles. The van der Waals surface area contributed by atoms with Crippen molar-refractivity contribution in [1.82, 2.24) is 9.88 Å². The van der Waals surface area contributed by atoms with Crippen LogP contribution in [0.5, 0.6) is 0 Å². The number of benzene rings is 1. The van der Waals surface area contributed by atoms with Crippen LogP contribution in [-0.4, -0.2) is 36.1 Å². The first-order valence-corrected chi connectivity index (χ1v) is 7.29. The minimum atomic E-state index is 0.708.